The first-order valence-corrected chi connectivity index (χ1v) is 5.53. The number of nitrogens with zero attached hydrogens (tertiary/aromatic N) is 1. The Bertz CT molecular complexity index is 568. The van der Waals surface area contributed by atoms with Crippen molar-refractivity contribution in [2.75, 3.05) is 0 Å². The largest absolute Gasteiger partial charge is 0.477 e. The normalized spacial score (nSPS) is 16.9. The molecule has 15 heavy (non-hydrogen) atoms. The molecule has 7 heteroatoms. The van der Waals surface area contributed by atoms with Crippen LogP contribution in [-0.4, -0.2) is 24.1 Å². The molecule has 0 amide bonds. The van der Waals surface area contributed by atoms with E-state index in [0.717, 1.165) is 0 Å². The van der Waals surface area contributed by atoms with Crippen LogP contribution in [0.3, 0.4) is 0 Å². The first-order chi connectivity index (χ1) is 6.93. The molecule has 0 atom stereocenters. The summed E-state index contributed by atoms with van der Waals surface area (Å²) < 4.78 is 26.4. The molecular weight excluding hydrogens is 220 g/mol. The van der Waals surface area contributed by atoms with Crippen molar-refractivity contribution in [3.63, 3.8) is 0 Å². The van der Waals surface area contributed by atoms with E-state index in [2.05, 4.69) is 4.72 Å². The zero-order chi connectivity index (χ0) is 11.2. The monoisotopic (exact) mass is 228 g/mol. The number of nitrogens with one attached hydrogen (secondary N) is 1. The van der Waals surface area contributed by atoms with Crippen molar-refractivity contribution < 1.29 is 18.3 Å². The molecule has 0 aliphatic carbocycles. The molecule has 80 valence electrons. The Hall–Kier alpha value is -1.76. The van der Waals surface area contributed by atoms with Gasteiger partial charge in [0.25, 0.3) is 10.0 Å². The van der Waals surface area contributed by atoms with Crippen LogP contribution in [0.25, 0.3) is 6.08 Å². The molecule has 0 unspecified atom stereocenters. The summed E-state index contributed by atoms with van der Waals surface area (Å²) >= 11 is 0. The van der Waals surface area contributed by atoms with Gasteiger partial charge in [0.2, 0.25) is 0 Å². The predicted molar refractivity (Wildman–Crippen MR) is 51.7 cm³/mol. The van der Waals surface area contributed by atoms with Gasteiger partial charge in [-0.05, 0) is 6.08 Å². The lowest BCUT2D eigenvalue weighted by Crippen LogP contribution is -2.21. The van der Waals surface area contributed by atoms with Crippen molar-refractivity contribution in [3.05, 3.63) is 23.7 Å². The third kappa shape index (κ3) is 1.32. The van der Waals surface area contributed by atoms with E-state index in [1.807, 2.05) is 0 Å². The fourth-order valence-corrected chi connectivity index (χ4v) is 2.65. The first kappa shape index (κ1) is 9.78. The summed E-state index contributed by atoms with van der Waals surface area (Å²) in [4.78, 5) is 10.9. The van der Waals surface area contributed by atoms with Gasteiger partial charge in [-0.2, -0.15) is 0 Å². The van der Waals surface area contributed by atoms with Gasteiger partial charge in [-0.3, -0.25) is 4.72 Å². The Labute approximate surface area is 85.9 Å². The molecule has 2 heterocycles. The molecular formula is C8H8N2O4S. The molecule has 2 N–H and O–H groups in total. The minimum Gasteiger partial charge on any atom is -0.477 e. The minimum absolute atomic E-state index is 0.00935. The first-order valence-electron chi connectivity index (χ1n) is 4.05. The van der Waals surface area contributed by atoms with E-state index in [9.17, 15) is 13.2 Å². The Morgan fingerprint density at radius 1 is 1.53 bits per heavy atom. The number of fused-ring (bicyclic) bond motifs is 1. The van der Waals surface area contributed by atoms with E-state index >= 15 is 0 Å². The summed E-state index contributed by atoms with van der Waals surface area (Å²) in [5.41, 5.74) is 0.176. The van der Waals surface area contributed by atoms with Crippen molar-refractivity contribution in [1.82, 2.24) is 9.29 Å². The van der Waals surface area contributed by atoms with Gasteiger partial charge in [0, 0.05) is 25.0 Å². The molecule has 1 aromatic rings. The number of hydrogen-bond donors (Lipinski definition) is 2. The Morgan fingerprint density at radius 2 is 2.20 bits per heavy atom. The van der Waals surface area contributed by atoms with Crippen molar-refractivity contribution in [1.29, 1.82) is 0 Å². The molecule has 2 rings (SSSR count). The summed E-state index contributed by atoms with van der Waals surface area (Å²) in [7, 11) is -2.11. The lowest BCUT2D eigenvalue weighted by Gasteiger charge is -2.08. The van der Waals surface area contributed by atoms with E-state index in [0.29, 0.717) is 0 Å². The molecule has 1 aliphatic heterocycles. The summed E-state index contributed by atoms with van der Waals surface area (Å²) in [5, 5.41) is 8.91. The summed E-state index contributed by atoms with van der Waals surface area (Å²) in [6.07, 6.45) is 3.93. The molecule has 0 spiro atoms. The van der Waals surface area contributed by atoms with E-state index < -0.39 is 16.0 Å². The Balaban J connectivity index is 2.81. The SMILES string of the molecule is Cn1cc2c(c1C(=O)O)C=CNS2(=O)=O. The lowest BCUT2D eigenvalue weighted by atomic mass is 10.2. The van der Waals surface area contributed by atoms with Crippen LogP contribution in [0, 0.1) is 0 Å². The molecule has 0 aromatic carbocycles. The predicted octanol–water partition coefficient (Wildman–Crippen LogP) is -0.0141. The van der Waals surface area contributed by atoms with E-state index in [1.165, 1.54) is 30.1 Å². The maximum Gasteiger partial charge on any atom is 0.353 e. The van der Waals surface area contributed by atoms with E-state index in [1.54, 1.807) is 0 Å². The van der Waals surface area contributed by atoms with Crippen LogP contribution in [0.4, 0.5) is 0 Å². The number of sulfonamides is 1. The van der Waals surface area contributed by atoms with Crippen LogP contribution in [0.2, 0.25) is 0 Å². The molecule has 0 fully saturated rings. The van der Waals surface area contributed by atoms with Gasteiger partial charge in [-0.1, -0.05) is 0 Å². The molecule has 0 saturated carbocycles. The number of aromatic nitrogens is 1. The molecule has 1 aromatic heterocycles. The fraction of sp³-hybridized carbons (Fsp3) is 0.125. The van der Waals surface area contributed by atoms with Crippen molar-refractivity contribution in [2.24, 2.45) is 7.05 Å². The van der Waals surface area contributed by atoms with Crippen molar-refractivity contribution >= 4 is 22.1 Å². The molecule has 1 aliphatic rings. The highest BCUT2D eigenvalue weighted by Gasteiger charge is 2.27. The molecule has 6 nitrogen and oxygen atoms in total. The van der Waals surface area contributed by atoms with Crippen LogP contribution in [0.1, 0.15) is 16.1 Å². The number of aromatic carboxylic acids is 1. The van der Waals surface area contributed by atoms with Gasteiger partial charge in [0.1, 0.15) is 10.6 Å². The topological polar surface area (TPSA) is 88.4 Å². The number of rotatable bonds is 1. The molecule has 0 saturated heterocycles. The second-order valence-electron chi connectivity index (χ2n) is 3.13. The van der Waals surface area contributed by atoms with Crippen LogP contribution in [-0.2, 0) is 17.1 Å². The smallest absolute Gasteiger partial charge is 0.353 e. The Morgan fingerprint density at radius 3 is 2.80 bits per heavy atom. The lowest BCUT2D eigenvalue weighted by molar-refractivity contribution is 0.0686. The minimum atomic E-state index is -3.60. The number of carboxylic acids is 1. The highest BCUT2D eigenvalue weighted by Crippen LogP contribution is 2.25. The van der Waals surface area contributed by atoms with Crippen LogP contribution < -0.4 is 4.72 Å². The summed E-state index contributed by atoms with van der Waals surface area (Å²) in [6.45, 7) is 0. The molecule has 0 radical (unpaired) electrons. The Kier molecular flexibility index (Phi) is 1.87. The van der Waals surface area contributed by atoms with Crippen LogP contribution in [0.5, 0.6) is 0 Å². The van der Waals surface area contributed by atoms with Crippen LogP contribution >= 0.6 is 0 Å². The average Bonchev–Trinajstić information content (AvgIpc) is 2.42. The van der Waals surface area contributed by atoms with Crippen LogP contribution in [0.15, 0.2) is 17.3 Å². The van der Waals surface area contributed by atoms with E-state index in [-0.39, 0.29) is 16.2 Å². The van der Waals surface area contributed by atoms with E-state index in [4.69, 9.17) is 5.11 Å². The number of carbonyl (C=O) groups is 1. The molecule has 0 bridgehead atoms. The standard InChI is InChI=1S/C8H8N2O4S/c1-10-4-6-5(7(10)8(11)12)2-3-9-15(6,13)14/h2-4,9H,1H3,(H,11,12). The average molecular weight is 228 g/mol. The highest BCUT2D eigenvalue weighted by molar-refractivity contribution is 7.89. The van der Waals surface area contributed by atoms with Gasteiger partial charge < -0.3 is 9.67 Å². The fourth-order valence-electron chi connectivity index (χ4n) is 1.53. The van der Waals surface area contributed by atoms with Gasteiger partial charge in [0.15, 0.2) is 0 Å². The van der Waals surface area contributed by atoms with Crippen molar-refractivity contribution in [3.8, 4) is 0 Å². The second-order valence-corrected chi connectivity index (χ2v) is 4.81. The van der Waals surface area contributed by atoms with Crippen molar-refractivity contribution in [2.45, 2.75) is 4.90 Å². The quantitative estimate of drug-likeness (QED) is 0.707. The van der Waals surface area contributed by atoms with Gasteiger partial charge in [-0.15, -0.1) is 0 Å². The van der Waals surface area contributed by atoms with Gasteiger partial charge >= 0.3 is 5.97 Å². The van der Waals surface area contributed by atoms with Gasteiger partial charge in [-0.25, -0.2) is 13.2 Å². The number of carboxylic acid groups (broad SMARTS) is 1. The highest BCUT2D eigenvalue weighted by atomic mass is 32.2. The summed E-state index contributed by atoms with van der Waals surface area (Å²) in [6, 6.07) is 0. The third-order valence-corrected chi connectivity index (χ3v) is 3.50. The second kappa shape index (κ2) is 2.86. The number of hydrogen-bond acceptors (Lipinski definition) is 3. The maximum atomic E-state index is 11.5. The van der Waals surface area contributed by atoms with Gasteiger partial charge in [0.05, 0.1) is 0 Å². The maximum absolute atomic E-state index is 11.5. The zero-order valence-electron chi connectivity index (χ0n) is 7.76. The third-order valence-electron chi connectivity index (χ3n) is 2.15. The summed E-state index contributed by atoms with van der Waals surface area (Å²) in [5.74, 6) is -1.15. The number of aryl methyl sites for hydroxylation is 1. The zero-order valence-corrected chi connectivity index (χ0v) is 8.58.